The summed E-state index contributed by atoms with van der Waals surface area (Å²) < 4.78 is 28.2. The second kappa shape index (κ2) is 5.50. The van der Waals surface area contributed by atoms with Gasteiger partial charge in [-0.05, 0) is 30.3 Å². The molecular formula is C12H11F2N3O. The second-order valence-electron chi connectivity index (χ2n) is 3.50. The van der Waals surface area contributed by atoms with Gasteiger partial charge in [0.25, 0.3) is 0 Å². The summed E-state index contributed by atoms with van der Waals surface area (Å²) in [6.45, 7) is -2.50. The number of rotatable bonds is 4. The van der Waals surface area contributed by atoms with Crippen LogP contribution in [0, 0.1) is 0 Å². The number of nitrogens with zero attached hydrogens (tertiary/aromatic N) is 2. The molecule has 1 aromatic carbocycles. The van der Waals surface area contributed by atoms with Gasteiger partial charge in [0.05, 0.1) is 11.4 Å². The summed E-state index contributed by atoms with van der Waals surface area (Å²) in [6, 6.07) is 7.99. The molecule has 0 atom stereocenters. The number of halogens is 2. The van der Waals surface area contributed by atoms with Crippen LogP contribution in [0.2, 0.25) is 0 Å². The first-order chi connectivity index (χ1) is 8.69. The molecule has 0 bridgehead atoms. The van der Waals surface area contributed by atoms with Crippen molar-refractivity contribution in [1.29, 1.82) is 0 Å². The minimum Gasteiger partial charge on any atom is -0.435 e. The van der Waals surface area contributed by atoms with E-state index in [0.29, 0.717) is 17.9 Å². The third kappa shape index (κ3) is 2.98. The van der Waals surface area contributed by atoms with Crippen molar-refractivity contribution in [3.8, 4) is 17.0 Å². The van der Waals surface area contributed by atoms with E-state index in [2.05, 4.69) is 14.7 Å². The molecule has 1 heterocycles. The van der Waals surface area contributed by atoms with Gasteiger partial charge in [0.2, 0.25) is 0 Å². The van der Waals surface area contributed by atoms with Gasteiger partial charge in [-0.3, -0.25) is 0 Å². The molecule has 1 aromatic heterocycles. The first-order valence-electron chi connectivity index (χ1n) is 5.25. The Morgan fingerprint density at radius 3 is 2.50 bits per heavy atom. The predicted molar refractivity (Wildman–Crippen MR) is 62.0 cm³/mol. The fourth-order valence-electron chi connectivity index (χ4n) is 1.47. The van der Waals surface area contributed by atoms with E-state index in [1.54, 1.807) is 18.2 Å². The van der Waals surface area contributed by atoms with Crippen LogP contribution in [0.5, 0.6) is 5.75 Å². The summed E-state index contributed by atoms with van der Waals surface area (Å²) in [6.07, 6.45) is 1.42. The average Bonchev–Trinajstić information content (AvgIpc) is 2.39. The van der Waals surface area contributed by atoms with Crippen molar-refractivity contribution in [2.24, 2.45) is 5.73 Å². The molecule has 2 N–H and O–H groups in total. The Morgan fingerprint density at radius 1 is 1.17 bits per heavy atom. The highest BCUT2D eigenvalue weighted by atomic mass is 19.3. The molecule has 0 fully saturated rings. The lowest BCUT2D eigenvalue weighted by molar-refractivity contribution is -0.0498. The minimum absolute atomic E-state index is 0.113. The van der Waals surface area contributed by atoms with Gasteiger partial charge in [-0.2, -0.15) is 8.78 Å². The van der Waals surface area contributed by atoms with Gasteiger partial charge < -0.3 is 10.5 Å². The standard InChI is InChI=1S/C12H11F2N3O/c13-12(14)18-10-3-1-8(2-4-10)11-5-9(6-15)16-7-17-11/h1-5,7,12H,6,15H2. The number of aromatic nitrogens is 2. The van der Waals surface area contributed by atoms with Crippen molar-refractivity contribution in [3.05, 3.63) is 42.4 Å². The lowest BCUT2D eigenvalue weighted by atomic mass is 10.1. The highest BCUT2D eigenvalue weighted by Gasteiger charge is 2.05. The van der Waals surface area contributed by atoms with Crippen LogP contribution in [0.15, 0.2) is 36.7 Å². The Labute approximate surface area is 102 Å². The third-order valence-electron chi connectivity index (χ3n) is 2.31. The van der Waals surface area contributed by atoms with Crippen LogP contribution in [0.4, 0.5) is 8.78 Å². The zero-order valence-electron chi connectivity index (χ0n) is 9.38. The van der Waals surface area contributed by atoms with Crippen LogP contribution in [0.25, 0.3) is 11.3 Å². The van der Waals surface area contributed by atoms with E-state index in [0.717, 1.165) is 5.56 Å². The van der Waals surface area contributed by atoms with Gasteiger partial charge in [0.15, 0.2) is 0 Å². The van der Waals surface area contributed by atoms with Gasteiger partial charge in [-0.1, -0.05) is 0 Å². The smallest absolute Gasteiger partial charge is 0.387 e. The molecule has 2 rings (SSSR count). The summed E-state index contributed by atoms with van der Waals surface area (Å²) in [5.41, 5.74) is 7.67. The van der Waals surface area contributed by atoms with Crippen LogP contribution >= 0.6 is 0 Å². The maximum Gasteiger partial charge on any atom is 0.387 e. The topological polar surface area (TPSA) is 61.0 Å². The number of ether oxygens (including phenoxy) is 1. The maximum atomic E-state index is 12.0. The van der Waals surface area contributed by atoms with Gasteiger partial charge in [0.1, 0.15) is 12.1 Å². The Morgan fingerprint density at radius 2 is 1.89 bits per heavy atom. The zero-order valence-corrected chi connectivity index (χ0v) is 9.38. The maximum absolute atomic E-state index is 12.0. The van der Waals surface area contributed by atoms with Crippen LogP contribution in [-0.4, -0.2) is 16.6 Å². The molecule has 6 heteroatoms. The molecule has 0 radical (unpaired) electrons. The minimum atomic E-state index is -2.82. The molecule has 0 saturated heterocycles. The Kier molecular flexibility index (Phi) is 3.78. The highest BCUT2D eigenvalue weighted by Crippen LogP contribution is 2.21. The van der Waals surface area contributed by atoms with Crippen molar-refractivity contribution in [2.45, 2.75) is 13.2 Å². The van der Waals surface area contributed by atoms with Crippen molar-refractivity contribution in [2.75, 3.05) is 0 Å². The normalized spacial score (nSPS) is 10.7. The van der Waals surface area contributed by atoms with E-state index in [1.807, 2.05) is 0 Å². The molecule has 0 aliphatic carbocycles. The van der Waals surface area contributed by atoms with Crippen LogP contribution in [0.1, 0.15) is 5.69 Å². The van der Waals surface area contributed by atoms with Crippen LogP contribution in [0.3, 0.4) is 0 Å². The summed E-state index contributed by atoms with van der Waals surface area (Å²) in [5.74, 6) is 0.113. The number of nitrogens with two attached hydrogens (primary N) is 1. The predicted octanol–water partition coefficient (Wildman–Crippen LogP) is 2.20. The number of benzene rings is 1. The van der Waals surface area contributed by atoms with Crippen molar-refractivity contribution >= 4 is 0 Å². The molecule has 0 saturated carbocycles. The zero-order chi connectivity index (χ0) is 13.0. The molecule has 0 spiro atoms. The van der Waals surface area contributed by atoms with E-state index < -0.39 is 6.61 Å². The molecule has 2 aromatic rings. The quantitative estimate of drug-likeness (QED) is 0.904. The molecule has 0 aliphatic rings. The lowest BCUT2D eigenvalue weighted by Crippen LogP contribution is -2.02. The molecule has 18 heavy (non-hydrogen) atoms. The Balaban J connectivity index is 2.22. The fraction of sp³-hybridized carbons (Fsp3) is 0.167. The SMILES string of the molecule is NCc1cc(-c2ccc(OC(F)F)cc2)ncn1. The molecule has 4 nitrogen and oxygen atoms in total. The monoisotopic (exact) mass is 251 g/mol. The molecular weight excluding hydrogens is 240 g/mol. The molecule has 0 amide bonds. The second-order valence-corrected chi connectivity index (χ2v) is 3.50. The van der Waals surface area contributed by atoms with E-state index >= 15 is 0 Å². The molecule has 94 valence electrons. The lowest BCUT2D eigenvalue weighted by Gasteiger charge is -2.06. The largest absolute Gasteiger partial charge is 0.435 e. The fourth-order valence-corrected chi connectivity index (χ4v) is 1.47. The van der Waals surface area contributed by atoms with Crippen molar-refractivity contribution in [3.63, 3.8) is 0 Å². The Hall–Kier alpha value is -2.08. The van der Waals surface area contributed by atoms with Gasteiger partial charge in [-0.15, -0.1) is 0 Å². The molecule has 0 aliphatic heterocycles. The summed E-state index contributed by atoms with van der Waals surface area (Å²) in [5, 5.41) is 0. The number of hydrogen-bond donors (Lipinski definition) is 1. The van der Waals surface area contributed by atoms with E-state index in [9.17, 15) is 8.78 Å². The number of alkyl halides is 2. The Bertz CT molecular complexity index is 517. The highest BCUT2D eigenvalue weighted by molar-refractivity contribution is 5.60. The first kappa shape index (κ1) is 12.4. The van der Waals surface area contributed by atoms with Gasteiger partial charge in [-0.25, -0.2) is 9.97 Å². The summed E-state index contributed by atoms with van der Waals surface area (Å²) >= 11 is 0. The number of hydrogen-bond acceptors (Lipinski definition) is 4. The average molecular weight is 251 g/mol. The van der Waals surface area contributed by atoms with Crippen LogP contribution < -0.4 is 10.5 Å². The third-order valence-corrected chi connectivity index (χ3v) is 2.31. The first-order valence-corrected chi connectivity index (χ1v) is 5.25. The van der Waals surface area contributed by atoms with Gasteiger partial charge >= 0.3 is 6.61 Å². The van der Waals surface area contributed by atoms with Gasteiger partial charge in [0, 0.05) is 12.1 Å². The van der Waals surface area contributed by atoms with Crippen molar-refractivity contribution < 1.29 is 13.5 Å². The van der Waals surface area contributed by atoms with E-state index in [1.165, 1.54) is 18.5 Å². The van der Waals surface area contributed by atoms with Crippen molar-refractivity contribution in [1.82, 2.24) is 9.97 Å². The van der Waals surface area contributed by atoms with Crippen LogP contribution in [-0.2, 0) is 6.54 Å². The summed E-state index contributed by atoms with van der Waals surface area (Å²) in [4.78, 5) is 8.07. The molecule has 0 unspecified atom stereocenters. The van der Waals surface area contributed by atoms with E-state index in [4.69, 9.17) is 5.73 Å². The summed E-state index contributed by atoms with van der Waals surface area (Å²) in [7, 11) is 0. The van der Waals surface area contributed by atoms with E-state index in [-0.39, 0.29) is 5.75 Å².